The highest BCUT2D eigenvalue weighted by Crippen LogP contribution is 2.26. The third-order valence-corrected chi connectivity index (χ3v) is 3.97. The number of hydrogen-bond acceptors (Lipinski definition) is 6. The number of anilines is 2. The molecule has 1 aliphatic heterocycles. The summed E-state index contributed by atoms with van der Waals surface area (Å²) in [4.78, 5) is 13.7. The van der Waals surface area contributed by atoms with Gasteiger partial charge in [-0.05, 0) is 30.8 Å². The molecule has 0 bridgehead atoms. The lowest BCUT2D eigenvalue weighted by Crippen LogP contribution is -2.36. The van der Waals surface area contributed by atoms with Crippen molar-refractivity contribution in [3.8, 4) is 5.97 Å². The van der Waals surface area contributed by atoms with Gasteiger partial charge in [-0.1, -0.05) is 0 Å². The van der Waals surface area contributed by atoms with Gasteiger partial charge in [0, 0.05) is 43.0 Å². The van der Waals surface area contributed by atoms with Gasteiger partial charge in [0.1, 0.15) is 5.71 Å². The second-order valence-corrected chi connectivity index (χ2v) is 5.24. The van der Waals surface area contributed by atoms with Gasteiger partial charge in [0.05, 0.1) is 7.11 Å². The first kappa shape index (κ1) is 15.9. The number of nitriles is 1. The average molecular weight is 298 g/mol. The lowest BCUT2D eigenvalue weighted by atomic mass is 9.45. The molecular formula is C15H19BN4O2. The minimum atomic E-state index is -0.654. The van der Waals surface area contributed by atoms with Gasteiger partial charge in [0.25, 0.3) is 6.71 Å². The van der Waals surface area contributed by atoms with Gasteiger partial charge in [0.15, 0.2) is 0 Å². The molecule has 0 atom stereocenters. The molecule has 0 aliphatic carbocycles. The number of carbonyl (C=O) groups excluding carboxylic acids is 1. The number of nitrogens with one attached hydrogen (secondary N) is 2. The Kier molecular flexibility index (Phi) is 5.05. The Bertz CT molecular complexity index is 618. The molecular weight excluding hydrogens is 279 g/mol. The maximum Gasteiger partial charge on any atom is 0.356 e. The van der Waals surface area contributed by atoms with Crippen molar-refractivity contribution >= 4 is 29.8 Å². The van der Waals surface area contributed by atoms with Crippen LogP contribution in [-0.4, -0.2) is 45.6 Å². The summed E-state index contributed by atoms with van der Waals surface area (Å²) in [7, 11) is 3.03. The molecule has 1 saturated heterocycles. The molecule has 2 rings (SSSR count). The molecule has 22 heavy (non-hydrogen) atoms. The number of esters is 1. The molecule has 0 aromatic heterocycles. The molecule has 1 fully saturated rings. The number of nitrogens with zero attached hydrogens (tertiary/aromatic N) is 2. The lowest BCUT2D eigenvalue weighted by molar-refractivity contribution is -0.132. The minimum absolute atomic E-state index is 0.145. The minimum Gasteiger partial charge on any atom is -0.464 e. The van der Waals surface area contributed by atoms with E-state index in [1.54, 1.807) is 13.1 Å². The maximum absolute atomic E-state index is 11.5. The van der Waals surface area contributed by atoms with E-state index in [0.29, 0.717) is 5.56 Å². The monoisotopic (exact) mass is 298 g/mol. The highest BCUT2D eigenvalue weighted by atomic mass is 16.5. The summed E-state index contributed by atoms with van der Waals surface area (Å²) >= 11 is 0. The predicted molar refractivity (Wildman–Crippen MR) is 88.0 cm³/mol. The van der Waals surface area contributed by atoms with Gasteiger partial charge in [-0.15, -0.1) is 0 Å². The molecule has 114 valence electrons. The number of carbonyl (C=O) groups is 1. The topological polar surface area (TPSA) is 89.2 Å². The van der Waals surface area contributed by atoms with Gasteiger partial charge in [-0.25, -0.2) is 10.1 Å². The second kappa shape index (κ2) is 6.99. The Hall–Kier alpha value is -2.49. The Balaban J connectivity index is 2.21. The van der Waals surface area contributed by atoms with Crippen LogP contribution in [0.4, 0.5) is 11.4 Å². The fraction of sp³-hybridized carbons (Fsp3) is 0.400. The zero-order valence-electron chi connectivity index (χ0n) is 12.8. The van der Waals surface area contributed by atoms with Crippen molar-refractivity contribution < 1.29 is 9.53 Å². The summed E-state index contributed by atoms with van der Waals surface area (Å²) in [5.74, 6) is 1.67. The van der Waals surface area contributed by atoms with E-state index in [-0.39, 0.29) is 12.4 Å². The number of ether oxygens (including phenoxy) is 1. The molecule has 1 aliphatic rings. The lowest BCUT2D eigenvalue weighted by Gasteiger charge is -2.30. The van der Waals surface area contributed by atoms with Crippen LogP contribution in [0.5, 0.6) is 0 Å². The number of hydrogen-bond donors (Lipinski definition) is 2. The number of methoxy groups -OCH3 is 1. The molecule has 0 amide bonds. The van der Waals surface area contributed by atoms with Crippen LogP contribution in [-0.2, 0) is 9.53 Å². The van der Waals surface area contributed by atoms with Gasteiger partial charge in [0.2, 0.25) is 0 Å². The Labute approximate surface area is 130 Å². The summed E-state index contributed by atoms with van der Waals surface area (Å²) in [6, 6.07) is 5.59. The molecule has 7 heteroatoms. The molecule has 2 N–H and O–H groups in total. The SMILES string of the molecule is CNc1cc(N2CCB(C#N)CC2)ccc1C(=N)C(=O)OC. The van der Waals surface area contributed by atoms with Crippen molar-refractivity contribution in [2.24, 2.45) is 0 Å². The number of benzene rings is 1. The Morgan fingerprint density at radius 2 is 2.14 bits per heavy atom. The zero-order chi connectivity index (χ0) is 16.1. The normalized spacial score (nSPS) is 14.2. The van der Waals surface area contributed by atoms with Crippen LogP contribution >= 0.6 is 0 Å². The molecule has 1 heterocycles. The fourth-order valence-electron chi connectivity index (χ4n) is 2.63. The molecule has 0 spiro atoms. The predicted octanol–water partition coefficient (Wildman–Crippen LogP) is 1.65. The van der Waals surface area contributed by atoms with Crippen molar-refractivity contribution in [2.45, 2.75) is 12.6 Å². The van der Waals surface area contributed by atoms with E-state index in [2.05, 4.69) is 20.9 Å². The highest BCUT2D eigenvalue weighted by molar-refractivity contribution is 6.67. The third kappa shape index (κ3) is 3.22. The molecule has 0 saturated carbocycles. The zero-order valence-corrected chi connectivity index (χ0v) is 12.8. The van der Waals surface area contributed by atoms with E-state index in [0.717, 1.165) is 37.1 Å². The van der Waals surface area contributed by atoms with Crippen LogP contribution in [0.15, 0.2) is 18.2 Å². The number of rotatable bonds is 4. The van der Waals surface area contributed by atoms with Crippen molar-refractivity contribution in [2.75, 3.05) is 37.5 Å². The smallest absolute Gasteiger partial charge is 0.356 e. The van der Waals surface area contributed by atoms with Crippen LogP contribution in [0.1, 0.15) is 5.56 Å². The highest BCUT2D eigenvalue weighted by Gasteiger charge is 2.23. The van der Waals surface area contributed by atoms with E-state index in [1.165, 1.54) is 7.11 Å². The van der Waals surface area contributed by atoms with Gasteiger partial charge in [-0.2, -0.15) is 0 Å². The van der Waals surface area contributed by atoms with Crippen molar-refractivity contribution in [3.63, 3.8) is 0 Å². The van der Waals surface area contributed by atoms with E-state index in [9.17, 15) is 4.79 Å². The molecule has 0 radical (unpaired) electrons. The Morgan fingerprint density at radius 3 is 2.68 bits per heavy atom. The van der Waals surface area contributed by atoms with Crippen LogP contribution in [0.25, 0.3) is 0 Å². The fourth-order valence-corrected chi connectivity index (χ4v) is 2.63. The van der Waals surface area contributed by atoms with E-state index in [4.69, 9.17) is 10.7 Å². The molecule has 1 aromatic carbocycles. The van der Waals surface area contributed by atoms with Crippen LogP contribution in [0.3, 0.4) is 0 Å². The van der Waals surface area contributed by atoms with Gasteiger partial charge < -0.3 is 15.0 Å². The van der Waals surface area contributed by atoms with E-state index in [1.807, 2.05) is 12.1 Å². The van der Waals surface area contributed by atoms with E-state index < -0.39 is 5.97 Å². The summed E-state index contributed by atoms with van der Waals surface area (Å²) in [6.07, 6.45) is 1.73. The van der Waals surface area contributed by atoms with E-state index >= 15 is 0 Å². The van der Waals surface area contributed by atoms with Crippen LogP contribution in [0, 0.1) is 16.6 Å². The average Bonchev–Trinajstić information content (AvgIpc) is 2.59. The molecule has 0 unspecified atom stereocenters. The Morgan fingerprint density at radius 1 is 1.45 bits per heavy atom. The largest absolute Gasteiger partial charge is 0.464 e. The summed E-state index contributed by atoms with van der Waals surface area (Å²) in [5, 5.41) is 19.9. The summed E-state index contributed by atoms with van der Waals surface area (Å²) in [5.41, 5.74) is 2.10. The first-order chi connectivity index (χ1) is 10.6. The first-order valence-corrected chi connectivity index (χ1v) is 7.24. The molecule has 1 aromatic rings. The van der Waals surface area contributed by atoms with Crippen molar-refractivity contribution in [1.29, 1.82) is 10.7 Å². The third-order valence-electron chi connectivity index (χ3n) is 3.97. The first-order valence-electron chi connectivity index (χ1n) is 7.24. The molecule has 6 nitrogen and oxygen atoms in total. The summed E-state index contributed by atoms with van der Waals surface area (Å²) < 4.78 is 4.60. The second-order valence-electron chi connectivity index (χ2n) is 5.24. The summed E-state index contributed by atoms with van der Waals surface area (Å²) in [6.45, 7) is 1.83. The van der Waals surface area contributed by atoms with Crippen molar-refractivity contribution in [1.82, 2.24) is 0 Å². The van der Waals surface area contributed by atoms with Crippen LogP contribution in [0.2, 0.25) is 12.6 Å². The van der Waals surface area contributed by atoms with Crippen molar-refractivity contribution in [3.05, 3.63) is 23.8 Å². The van der Waals surface area contributed by atoms with Gasteiger partial charge in [-0.3, -0.25) is 5.41 Å². The maximum atomic E-state index is 11.5. The van der Waals surface area contributed by atoms with Crippen LogP contribution < -0.4 is 10.2 Å². The van der Waals surface area contributed by atoms with Gasteiger partial charge >= 0.3 is 5.97 Å². The standard InChI is InChI=1S/C15H19BN4O2/c1-19-13-9-11(20-7-5-16(10-17)6-8-20)3-4-12(13)14(18)15(21)22-2/h3-4,9,18-19H,5-8H2,1-2H3. The quantitative estimate of drug-likeness (QED) is 0.501.